The fourth-order valence-electron chi connectivity index (χ4n) is 2.71. The molecule has 0 spiro atoms. The summed E-state index contributed by atoms with van der Waals surface area (Å²) in [4.78, 5) is 4.54. The highest BCUT2D eigenvalue weighted by Crippen LogP contribution is 2.28. The summed E-state index contributed by atoms with van der Waals surface area (Å²) in [6.45, 7) is 3.66. The van der Waals surface area contributed by atoms with Crippen LogP contribution in [0.25, 0.3) is 0 Å². The van der Waals surface area contributed by atoms with E-state index in [4.69, 9.17) is 9.47 Å². The lowest BCUT2D eigenvalue weighted by atomic mass is 10.1. The Morgan fingerprint density at radius 2 is 2.00 bits per heavy atom. The quantitative estimate of drug-likeness (QED) is 0.702. The third-order valence-electron chi connectivity index (χ3n) is 4.13. The molecule has 1 aromatic heterocycles. The molecule has 8 heteroatoms. The van der Waals surface area contributed by atoms with Crippen LogP contribution in [0, 0.1) is 6.92 Å². The monoisotopic (exact) mass is 394 g/mol. The third-order valence-corrected chi connectivity index (χ3v) is 7.00. The van der Waals surface area contributed by atoms with Crippen LogP contribution in [-0.2, 0) is 20.5 Å². The number of morpholine rings is 1. The maximum Gasteiger partial charge on any atom is 0.244 e. The van der Waals surface area contributed by atoms with Gasteiger partial charge in [0.2, 0.25) is 10.0 Å². The minimum atomic E-state index is -3.50. The van der Waals surface area contributed by atoms with Crippen LogP contribution in [0.5, 0.6) is 5.75 Å². The molecule has 3 rings (SSSR count). The van der Waals surface area contributed by atoms with E-state index in [1.165, 1.54) is 16.1 Å². The van der Waals surface area contributed by atoms with E-state index in [0.29, 0.717) is 32.1 Å². The number of rotatable bonds is 6. The van der Waals surface area contributed by atoms with E-state index in [1.54, 1.807) is 31.0 Å². The average molecular weight is 395 g/mol. The van der Waals surface area contributed by atoms with Gasteiger partial charge >= 0.3 is 0 Å². The molecule has 0 bridgehead atoms. The Labute approximate surface area is 158 Å². The van der Waals surface area contributed by atoms with Crippen LogP contribution in [0.1, 0.15) is 11.1 Å². The second-order valence-electron chi connectivity index (χ2n) is 5.95. The lowest BCUT2D eigenvalue weighted by molar-refractivity contribution is 0.0730. The summed E-state index contributed by atoms with van der Waals surface area (Å²) in [5.41, 5.74) is 2.26. The molecule has 0 N–H and O–H groups in total. The first-order valence-electron chi connectivity index (χ1n) is 8.31. The normalized spacial score (nSPS) is 15.8. The van der Waals surface area contributed by atoms with Gasteiger partial charge in [0.1, 0.15) is 10.6 Å². The number of hydrogen-bond acceptors (Lipinski definition) is 6. The zero-order chi connectivity index (χ0) is 18.6. The predicted molar refractivity (Wildman–Crippen MR) is 101 cm³/mol. The number of nitrogens with zero attached hydrogens (tertiary/aromatic N) is 2. The third kappa shape index (κ3) is 4.37. The first kappa shape index (κ1) is 19.2. The first-order valence-corrected chi connectivity index (χ1v) is 10.7. The first-order chi connectivity index (χ1) is 12.5. The van der Waals surface area contributed by atoms with Gasteiger partial charge in [0, 0.05) is 30.6 Å². The molecule has 1 aliphatic rings. The van der Waals surface area contributed by atoms with Crippen molar-refractivity contribution in [2.45, 2.75) is 22.6 Å². The smallest absolute Gasteiger partial charge is 0.244 e. The minimum Gasteiger partial charge on any atom is -0.496 e. The van der Waals surface area contributed by atoms with Gasteiger partial charge in [0.15, 0.2) is 0 Å². The maximum atomic E-state index is 12.6. The molecule has 0 radical (unpaired) electrons. The summed E-state index contributed by atoms with van der Waals surface area (Å²) in [5, 5.41) is 0.773. The van der Waals surface area contributed by atoms with Crippen molar-refractivity contribution >= 4 is 21.8 Å². The number of methoxy groups -OCH3 is 1. The summed E-state index contributed by atoms with van der Waals surface area (Å²) in [6, 6.07) is 9.42. The Morgan fingerprint density at radius 3 is 2.65 bits per heavy atom. The fourth-order valence-corrected chi connectivity index (χ4v) is 4.89. The van der Waals surface area contributed by atoms with E-state index < -0.39 is 10.0 Å². The van der Waals surface area contributed by atoms with Gasteiger partial charge in [-0.1, -0.05) is 17.7 Å². The summed E-state index contributed by atoms with van der Waals surface area (Å²) >= 11 is 1.55. The van der Waals surface area contributed by atoms with Crippen molar-refractivity contribution < 1.29 is 17.9 Å². The van der Waals surface area contributed by atoms with Crippen molar-refractivity contribution in [3.63, 3.8) is 0 Å². The van der Waals surface area contributed by atoms with Gasteiger partial charge in [-0.05, 0) is 25.1 Å². The van der Waals surface area contributed by atoms with Gasteiger partial charge in [-0.25, -0.2) is 13.4 Å². The molecule has 1 saturated heterocycles. The molecule has 0 amide bonds. The van der Waals surface area contributed by atoms with Gasteiger partial charge in [0.25, 0.3) is 0 Å². The number of thioether (sulfide) groups is 1. The molecule has 2 aromatic rings. The molecule has 0 unspecified atom stereocenters. The van der Waals surface area contributed by atoms with Crippen LogP contribution in [0.2, 0.25) is 0 Å². The SMILES string of the molecule is COc1ccc(C)cc1CSc1ccc(S(=O)(=O)N2CCOCC2)cn1. The van der Waals surface area contributed by atoms with Crippen molar-refractivity contribution in [3.05, 3.63) is 47.7 Å². The molecule has 1 aromatic carbocycles. The van der Waals surface area contributed by atoms with Crippen LogP contribution >= 0.6 is 11.8 Å². The second kappa shape index (κ2) is 8.39. The molecule has 0 saturated carbocycles. The Hall–Kier alpha value is -1.61. The molecule has 140 valence electrons. The van der Waals surface area contributed by atoms with Gasteiger partial charge in [-0.2, -0.15) is 4.31 Å². The van der Waals surface area contributed by atoms with E-state index >= 15 is 0 Å². The average Bonchev–Trinajstić information content (AvgIpc) is 2.67. The van der Waals surface area contributed by atoms with Crippen LogP contribution < -0.4 is 4.74 Å². The zero-order valence-corrected chi connectivity index (χ0v) is 16.5. The van der Waals surface area contributed by atoms with Gasteiger partial charge in [0.05, 0.1) is 25.3 Å². The van der Waals surface area contributed by atoms with Crippen molar-refractivity contribution in [1.82, 2.24) is 9.29 Å². The standard InChI is InChI=1S/C18H22N2O4S2/c1-14-3-5-17(23-2)15(11-14)13-25-18-6-4-16(12-19-18)26(21,22)20-7-9-24-10-8-20/h3-6,11-12H,7-10,13H2,1-2H3. The fraction of sp³-hybridized carbons (Fsp3) is 0.389. The lowest BCUT2D eigenvalue weighted by Gasteiger charge is -2.25. The predicted octanol–water partition coefficient (Wildman–Crippen LogP) is 2.71. The van der Waals surface area contributed by atoms with E-state index in [2.05, 4.69) is 11.1 Å². The van der Waals surface area contributed by atoms with Crippen LogP contribution in [0.4, 0.5) is 0 Å². The molecule has 0 aliphatic carbocycles. The largest absolute Gasteiger partial charge is 0.496 e. The van der Waals surface area contributed by atoms with E-state index in [9.17, 15) is 8.42 Å². The Kier molecular flexibility index (Phi) is 6.18. The molecule has 2 heterocycles. The molecular weight excluding hydrogens is 372 g/mol. The van der Waals surface area contributed by atoms with Gasteiger partial charge in [-0.15, -0.1) is 11.8 Å². The summed E-state index contributed by atoms with van der Waals surface area (Å²) < 4.78 is 37.3. The Bertz CT molecular complexity index is 848. The second-order valence-corrected chi connectivity index (χ2v) is 8.89. The number of pyridine rings is 1. The van der Waals surface area contributed by atoms with E-state index in [-0.39, 0.29) is 4.90 Å². The summed E-state index contributed by atoms with van der Waals surface area (Å²) in [5.74, 6) is 1.54. The lowest BCUT2D eigenvalue weighted by Crippen LogP contribution is -2.40. The highest BCUT2D eigenvalue weighted by atomic mass is 32.2. The molecule has 1 aliphatic heterocycles. The zero-order valence-electron chi connectivity index (χ0n) is 14.8. The number of ether oxygens (including phenoxy) is 2. The number of hydrogen-bond donors (Lipinski definition) is 0. The number of aromatic nitrogens is 1. The van der Waals surface area contributed by atoms with Gasteiger partial charge < -0.3 is 9.47 Å². The van der Waals surface area contributed by atoms with E-state index in [1.807, 2.05) is 19.1 Å². The Balaban J connectivity index is 1.69. The topological polar surface area (TPSA) is 68.7 Å². The Morgan fingerprint density at radius 1 is 1.23 bits per heavy atom. The van der Waals surface area contributed by atoms with Crippen LogP contribution in [-0.4, -0.2) is 51.1 Å². The number of sulfonamides is 1. The molecule has 1 fully saturated rings. The summed E-state index contributed by atoms with van der Waals surface area (Å²) in [7, 11) is -1.85. The molecule has 6 nitrogen and oxygen atoms in total. The van der Waals surface area contributed by atoms with Crippen LogP contribution in [0.3, 0.4) is 0 Å². The number of aryl methyl sites for hydroxylation is 1. The number of benzene rings is 1. The van der Waals surface area contributed by atoms with Crippen molar-refractivity contribution in [2.75, 3.05) is 33.4 Å². The van der Waals surface area contributed by atoms with Crippen molar-refractivity contribution in [2.24, 2.45) is 0 Å². The van der Waals surface area contributed by atoms with Crippen LogP contribution in [0.15, 0.2) is 46.5 Å². The minimum absolute atomic E-state index is 0.219. The highest BCUT2D eigenvalue weighted by molar-refractivity contribution is 7.98. The van der Waals surface area contributed by atoms with Crippen molar-refractivity contribution in [3.8, 4) is 5.75 Å². The highest BCUT2D eigenvalue weighted by Gasteiger charge is 2.26. The maximum absolute atomic E-state index is 12.6. The van der Waals surface area contributed by atoms with E-state index in [0.717, 1.165) is 16.3 Å². The van der Waals surface area contributed by atoms with Crippen molar-refractivity contribution in [1.29, 1.82) is 0 Å². The molecular formula is C18H22N2O4S2. The molecule has 0 atom stereocenters. The molecule has 26 heavy (non-hydrogen) atoms. The summed E-state index contributed by atoms with van der Waals surface area (Å²) in [6.07, 6.45) is 1.43. The van der Waals surface area contributed by atoms with Gasteiger partial charge in [-0.3, -0.25) is 0 Å².